The summed E-state index contributed by atoms with van der Waals surface area (Å²) in [5, 5.41) is 3.22. The van der Waals surface area contributed by atoms with Crippen LogP contribution >= 0.6 is 0 Å². The molecule has 3 aromatic carbocycles. The van der Waals surface area contributed by atoms with E-state index in [0.717, 1.165) is 47.5 Å². The minimum atomic E-state index is -0.509. The zero-order chi connectivity index (χ0) is 26.2. The molecule has 0 aliphatic carbocycles. The Labute approximate surface area is 216 Å². The van der Waals surface area contributed by atoms with Gasteiger partial charge >= 0.3 is 5.97 Å². The molecule has 37 heavy (non-hydrogen) atoms. The van der Waals surface area contributed by atoms with Crippen LogP contribution in [0, 0.1) is 0 Å². The van der Waals surface area contributed by atoms with E-state index in [1.807, 2.05) is 55.5 Å². The number of hydrogen-bond acceptors (Lipinski definition) is 5. The Morgan fingerprint density at radius 3 is 2.32 bits per heavy atom. The number of nitrogens with one attached hydrogen (secondary N) is 2. The fourth-order valence-corrected chi connectivity index (χ4v) is 4.16. The summed E-state index contributed by atoms with van der Waals surface area (Å²) in [6.45, 7) is 6.19. The quantitative estimate of drug-likeness (QED) is 0.203. The molecular weight excluding hydrogens is 464 g/mol. The molecule has 7 heteroatoms. The number of aromatic amines is 1. The first-order valence-electron chi connectivity index (χ1n) is 12.7. The SMILES string of the molecule is CCCc1[nH]n(-c2ccc(C(=O)ONc3ccccc3CC)cc2)c(=O)c1C=Nc1ccccc1CC. The van der Waals surface area contributed by atoms with Crippen molar-refractivity contribution < 1.29 is 9.63 Å². The van der Waals surface area contributed by atoms with Crippen LogP contribution in [-0.2, 0) is 24.1 Å². The summed E-state index contributed by atoms with van der Waals surface area (Å²) in [5.41, 5.74) is 8.72. The third kappa shape index (κ3) is 5.89. The Morgan fingerprint density at radius 2 is 1.62 bits per heavy atom. The lowest BCUT2D eigenvalue weighted by molar-refractivity contribution is 0.0596. The number of aliphatic imine (C=N–C) groups is 1. The van der Waals surface area contributed by atoms with Crippen LogP contribution in [0.1, 0.15) is 59.9 Å². The van der Waals surface area contributed by atoms with E-state index >= 15 is 0 Å². The van der Waals surface area contributed by atoms with Gasteiger partial charge in [-0.3, -0.25) is 14.9 Å². The number of para-hydroxylation sites is 2. The van der Waals surface area contributed by atoms with Gasteiger partial charge in [-0.2, -0.15) is 0 Å². The van der Waals surface area contributed by atoms with Crippen LogP contribution < -0.4 is 11.0 Å². The van der Waals surface area contributed by atoms with Gasteiger partial charge in [-0.1, -0.05) is 63.6 Å². The number of aromatic nitrogens is 2. The Balaban J connectivity index is 1.55. The van der Waals surface area contributed by atoms with Gasteiger partial charge in [0.25, 0.3) is 5.56 Å². The van der Waals surface area contributed by atoms with Crippen molar-refractivity contribution >= 4 is 23.6 Å². The van der Waals surface area contributed by atoms with E-state index in [2.05, 4.69) is 29.4 Å². The van der Waals surface area contributed by atoms with Crippen LogP contribution in [-0.4, -0.2) is 22.0 Å². The third-order valence-corrected chi connectivity index (χ3v) is 6.22. The van der Waals surface area contributed by atoms with E-state index in [1.165, 1.54) is 4.68 Å². The Hall–Kier alpha value is -4.39. The predicted molar refractivity (Wildman–Crippen MR) is 148 cm³/mol. The lowest BCUT2D eigenvalue weighted by Gasteiger charge is -2.10. The Morgan fingerprint density at radius 1 is 0.946 bits per heavy atom. The van der Waals surface area contributed by atoms with Gasteiger partial charge in [0.2, 0.25) is 0 Å². The van der Waals surface area contributed by atoms with Crippen LogP contribution in [0.3, 0.4) is 0 Å². The summed E-state index contributed by atoms with van der Waals surface area (Å²) in [6.07, 6.45) is 4.93. The van der Waals surface area contributed by atoms with Crippen molar-refractivity contribution in [2.75, 3.05) is 5.48 Å². The maximum Gasteiger partial charge on any atom is 0.362 e. The molecule has 190 valence electrons. The van der Waals surface area contributed by atoms with Crippen molar-refractivity contribution in [3.8, 4) is 5.69 Å². The summed E-state index contributed by atoms with van der Waals surface area (Å²) in [7, 11) is 0. The number of anilines is 1. The van der Waals surface area contributed by atoms with Gasteiger partial charge in [-0.05, 0) is 66.8 Å². The molecule has 0 unspecified atom stereocenters. The van der Waals surface area contributed by atoms with Crippen molar-refractivity contribution in [3.63, 3.8) is 0 Å². The molecule has 4 aromatic rings. The minimum Gasteiger partial charge on any atom is -0.338 e. The molecule has 0 radical (unpaired) electrons. The fraction of sp³-hybridized carbons (Fsp3) is 0.233. The van der Waals surface area contributed by atoms with Gasteiger partial charge in [-0.25, -0.2) is 15.0 Å². The minimum absolute atomic E-state index is 0.186. The summed E-state index contributed by atoms with van der Waals surface area (Å²) in [6, 6.07) is 22.3. The number of aryl methyl sites for hydroxylation is 3. The van der Waals surface area contributed by atoms with E-state index in [0.29, 0.717) is 23.2 Å². The second-order valence-electron chi connectivity index (χ2n) is 8.68. The first-order chi connectivity index (χ1) is 18.0. The highest BCUT2D eigenvalue weighted by atomic mass is 16.7. The van der Waals surface area contributed by atoms with E-state index in [4.69, 9.17) is 4.84 Å². The van der Waals surface area contributed by atoms with Gasteiger partial charge in [0, 0.05) is 11.9 Å². The highest BCUT2D eigenvalue weighted by molar-refractivity contribution is 5.90. The number of hydrogen-bond donors (Lipinski definition) is 2. The standard InChI is InChI=1S/C30H32N4O3/c1-4-11-28-25(20-31-26-14-9-7-12-21(26)5-2)29(35)34(32-28)24-18-16-23(17-19-24)30(36)37-33-27-15-10-8-13-22(27)6-3/h7-10,12-20,32-33H,4-6,11H2,1-3H3. The number of carbonyl (C=O) groups is 1. The van der Waals surface area contributed by atoms with Crippen LogP contribution in [0.2, 0.25) is 0 Å². The zero-order valence-corrected chi connectivity index (χ0v) is 21.5. The summed E-state index contributed by atoms with van der Waals surface area (Å²) in [5.74, 6) is -0.509. The predicted octanol–water partition coefficient (Wildman–Crippen LogP) is 6.18. The molecule has 0 bridgehead atoms. The molecule has 2 N–H and O–H groups in total. The number of benzene rings is 3. The number of carbonyl (C=O) groups excluding carboxylic acids is 1. The molecule has 1 aromatic heterocycles. The molecule has 0 atom stereocenters. The monoisotopic (exact) mass is 496 g/mol. The first kappa shape index (κ1) is 25.7. The second kappa shape index (κ2) is 12.0. The summed E-state index contributed by atoms with van der Waals surface area (Å²) >= 11 is 0. The van der Waals surface area contributed by atoms with Crippen LogP contribution in [0.25, 0.3) is 5.69 Å². The largest absolute Gasteiger partial charge is 0.362 e. The summed E-state index contributed by atoms with van der Waals surface area (Å²) < 4.78 is 1.49. The summed E-state index contributed by atoms with van der Waals surface area (Å²) in [4.78, 5) is 35.8. The molecule has 1 heterocycles. The van der Waals surface area contributed by atoms with Crippen molar-refractivity contribution in [2.45, 2.75) is 46.5 Å². The molecule has 0 saturated heterocycles. The van der Waals surface area contributed by atoms with Crippen molar-refractivity contribution in [1.29, 1.82) is 0 Å². The average Bonchev–Trinajstić information content (AvgIpc) is 3.25. The van der Waals surface area contributed by atoms with Crippen molar-refractivity contribution in [1.82, 2.24) is 9.78 Å². The number of rotatable bonds is 10. The molecule has 0 fully saturated rings. The third-order valence-electron chi connectivity index (χ3n) is 6.22. The van der Waals surface area contributed by atoms with Crippen molar-refractivity contribution in [3.05, 3.63) is 111 Å². The highest BCUT2D eigenvalue weighted by Crippen LogP contribution is 2.20. The Kier molecular flexibility index (Phi) is 8.36. The van der Waals surface area contributed by atoms with E-state index in [1.54, 1.807) is 30.5 Å². The molecule has 0 aliphatic heterocycles. The lowest BCUT2D eigenvalue weighted by Crippen LogP contribution is -2.17. The average molecular weight is 497 g/mol. The highest BCUT2D eigenvalue weighted by Gasteiger charge is 2.15. The lowest BCUT2D eigenvalue weighted by atomic mass is 10.1. The van der Waals surface area contributed by atoms with Gasteiger partial charge in [0.05, 0.1) is 28.2 Å². The molecular formula is C30H32N4O3. The molecule has 0 spiro atoms. The fourth-order valence-electron chi connectivity index (χ4n) is 4.16. The van der Waals surface area contributed by atoms with Gasteiger partial charge in [-0.15, -0.1) is 0 Å². The maximum absolute atomic E-state index is 13.3. The van der Waals surface area contributed by atoms with Gasteiger partial charge < -0.3 is 4.84 Å². The smallest absolute Gasteiger partial charge is 0.338 e. The van der Waals surface area contributed by atoms with E-state index < -0.39 is 5.97 Å². The molecule has 7 nitrogen and oxygen atoms in total. The number of nitrogens with zero attached hydrogens (tertiary/aromatic N) is 2. The first-order valence-corrected chi connectivity index (χ1v) is 12.7. The van der Waals surface area contributed by atoms with Gasteiger partial charge in [0.15, 0.2) is 0 Å². The molecule has 0 aliphatic rings. The van der Waals surface area contributed by atoms with Crippen molar-refractivity contribution in [2.24, 2.45) is 4.99 Å². The second-order valence-corrected chi connectivity index (χ2v) is 8.68. The Bertz CT molecular complexity index is 1450. The molecule has 0 saturated carbocycles. The maximum atomic E-state index is 13.3. The van der Waals surface area contributed by atoms with Gasteiger partial charge in [0.1, 0.15) is 0 Å². The zero-order valence-electron chi connectivity index (χ0n) is 21.5. The topological polar surface area (TPSA) is 88.5 Å². The molecule has 0 amide bonds. The van der Waals surface area contributed by atoms with Crippen LogP contribution in [0.5, 0.6) is 0 Å². The molecule has 4 rings (SSSR count). The van der Waals surface area contributed by atoms with E-state index in [9.17, 15) is 9.59 Å². The van der Waals surface area contributed by atoms with Crippen LogP contribution in [0.15, 0.2) is 82.6 Å². The van der Waals surface area contributed by atoms with E-state index in [-0.39, 0.29) is 5.56 Å². The number of H-pyrrole nitrogens is 1. The normalized spacial score (nSPS) is 11.1. The van der Waals surface area contributed by atoms with Crippen LogP contribution in [0.4, 0.5) is 11.4 Å².